The number of nitrogens with one attached hydrogen (secondary N) is 1. The van der Waals surface area contributed by atoms with Crippen LogP contribution in [0.15, 0.2) is 0 Å². The summed E-state index contributed by atoms with van der Waals surface area (Å²) in [5.74, 6) is -2.42. The lowest BCUT2D eigenvalue weighted by Crippen LogP contribution is -2.66. The molecular formula is C22H38N2O12. The molecule has 0 bridgehead atoms. The third-order valence-electron chi connectivity index (χ3n) is 4.59. The molecule has 1 fully saturated rings. The van der Waals surface area contributed by atoms with Crippen LogP contribution in [-0.2, 0) is 57.1 Å². The molecule has 5 atom stereocenters. The summed E-state index contributed by atoms with van der Waals surface area (Å²) in [4.78, 5) is 46.8. The molecule has 1 unspecified atom stereocenters. The summed E-state index contributed by atoms with van der Waals surface area (Å²) in [5, 5.41) is 2.62. The van der Waals surface area contributed by atoms with Crippen LogP contribution in [0.3, 0.4) is 0 Å². The van der Waals surface area contributed by atoms with Crippen molar-refractivity contribution >= 4 is 23.8 Å². The quantitative estimate of drug-likeness (QED) is 0.130. The lowest BCUT2D eigenvalue weighted by atomic mass is 9.96. The molecule has 208 valence electrons. The lowest BCUT2D eigenvalue weighted by molar-refractivity contribution is -0.279. The van der Waals surface area contributed by atoms with Crippen molar-refractivity contribution in [3.8, 4) is 0 Å². The Balaban J connectivity index is 2.77. The number of ether oxygens (including phenoxy) is 8. The summed E-state index contributed by atoms with van der Waals surface area (Å²) in [7, 11) is 0. The number of hydrogen-bond donors (Lipinski definition) is 2. The van der Waals surface area contributed by atoms with Crippen molar-refractivity contribution < 1.29 is 57.1 Å². The Bertz CT molecular complexity index is 692. The van der Waals surface area contributed by atoms with Gasteiger partial charge in [0.1, 0.15) is 18.8 Å². The fourth-order valence-corrected chi connectivity index (χ4v) is 3.28. The summed E-state index contributed by atoms with van der Waals surface area (Å²) in [6.45, 7) is 7.15. The van der Waals surface area contributed by atoms with Crippen LogP contribution in [0.2, 0.25) is 0 Å². The molecule has 14 nitrogen and oxygen atoms in total. The second-order valence-electron chi connectivity index (χ2n) is 7.72. The van der Waals surface area contributed by atoms with E-state index in [9.17, 15) is 19.2 Å². The highest BCUT2D eigenvalue weighted by atomic mass is 16.7. The van der Waals surface area contributed by atoms with Crippen LogP contribution < -0.4 is 11.1 Å². The summed E-state index contributed by atoms with van der Waals surface area (Å²) in [6.07, 6.45) is -4.52. The molecule has 1 aliphatic rings. The monoisotopic (exact) mass is 522 g/mol. The molecule has 14 heteroatoms. The minimum absolute atomic E-state index is 0.0473. The Kier molecular flexibility index (Phi) is 15.8. The van der Waals surface area contributed by atoms with E-state index < -0.39 is 54.5 Å². The van der Waals surface area contributed by atoms with Crippen molar-refractivity contribution in [3.63, 3.8) is 0 Å². The molecule has 0 aromatic heterocycles. The van der Waals surface area contributed by atoms with E-state index in [4.69, 9.17) is 43.6 Å². The van der Waals surface area contributed by atoms with E-state index in [2.05, 4.69) is 5.32 Å². The second-order valence-corrected chi connectivity index (χ2v) is 7.72. The standard InChI is InChI=1S/C22H38N2O12/c1-14(25)24-19-21(35-17(4)28)20(34-16(3)27)18(13-33-15(2)26)36-22(19)32-12-11-31-10-9-30-8-7-29-6-5-23/h18-22H,5-13,23H2,1-4H3,(H,24,25)/t18-,19-,20+,21-,22?/m1/s1. The summed E-state index contributed by atoms with van der Waals surface area (Å²) in [6, 6.07) is -1.03. The van der Waals surface area contributed by atoms with Gasteiger partial charge in [0.25, 0.3) is 0 Å². The van der Waals surface area contributed by atoms with Gasteiger partial charge in [0.15, 0.2) is 18.5 Å². The smallest absolute Gasteiger partial charge is 0.303 e. The van der Waals surface area contributed by atoms with Gasteiger partial charge in [0.2, 0.25) is 5.91 Å². The maximum Gasteiger partial charge on any atom is 0.303 e. The zero-order valence-electron chi connectivity index (χ0n) is 21.2. The second kappa shape index (κ2) is 18.0. The predicted molar refractivity (Wildman–Crippen MR) is 121 cm³/mol. The number of esters is 3. The van der Waals surface area contributed by atoms with Crippen LogP contribution in [-0.4, -0.2) is 114 Å². The Morgan fingerprint density at radius 1 is 0.750 bits per heavy atom. The van der Waals surface area contributed by atoms with Gasteiger partial charge in [0, 0.05) is 34.2 Å². The minimum atomic E-state index is -1.18. The van der Waals surface area contributed by atoms with Gasteiger partial charge >= 0.3 is 17.9 Å². The number of hydrogen-bond acceptors (Lipinski definition) is 13. The fraction of sp³-hybridized carbons (Fsp3) is 0.818. The molecule has 1 aliphatic heterocycles. The number of carbonyl (C=O) groups excluding carboxylic acids is 4. The molecule has 0 aliphatic carbocycles. The van der Waals surface area contributed by atoms with E-state index in [0.29, 0.717) is 39.6 Å². The minimum Gasteiger partial charge on any atom is -0.463 e. The van der Waals surface area contributed by atoms with Crippen molar-refractivity contribution in [1.82, 2.24) is 5.32 Å². The first-order valence-corrected chi connectivity index (χ1v) is 11.6. The van der Waals surface area contributed by atoms with Gasteiger partial charge in [-0.2, -0.15) is 0 Å². The SMILES string of the molecule is CC(=O)N[C@H]1C(OCCOCCOCCOCCN)O[C@H](COC(C)=O)[C@H](OC(C)=O)[C@@H]1OC(C)=O. The largest absolute Gasteiger partial charge is 0.463 e. The van der Waals surface area contributed by atoms with Gasteiger partial charge in [-0.15, -0.1) is 0 Å². The summed E-state index contributed by atoms with van der Waals surface area (Å²) < 4.78 is 43.4. The van der Waals surface area contributed by atoms with Gasteiger partial charge in [0.05, 0.1) is 46.2 Å². The summed E-state index contributed by atoms with van der Waals surface area (Å²) in [5.41, 5.74) is 5.32. The van der Waals surface area contributed by atoms with Crippen LogP contribution in [0, 0.1) is 0 Å². The lowest BCUT2D eigenvalue weighted by Gasteiger charge is -2.44. The van der Waals surface area contributed by atoms with Crippen molar-refractivity contribution in [1.29, 1.82) is 0 Å². The van der Waals surface area contributed by atoms with Crippen molar-refractivity contribution in [2.45, 2.75) is 58.3 Å². The average molecular weight is 523 g/mol. The van der Waals surface area contributed by atoms with Crippen LogP contribution in [0.25, 0.3) is 0 Å². The number of carbonyl (C=O) groups is 4. The van der Waals surface area contributed by atoms with E-state index in [1.165, 1.54) is 20.8 Å². The molecule has 1 heterocycles. The van der Waals surface area contributed by atoms with Gasteiger partial charge in [-0.3, -0.25) is 19.2 Å². The Labute approximate surface area is 210 Å². The van der Waals surface area contributed by atoms with E-state index in [-0.39, 0.29) is 19.8 Å². The number of amides is 1. The van der Waals surface area contributed by atoms with E-state index >= 15 is 0 Å². The highest BCUT2D eigenvalue weighted by Crippen LogP contribution is 2.28. The first-order valence-electron chi connectivity index (χ1n) is 11.6. The molecule has 0 aromatic rings. The van der Waals surface area contributed by atoms with Crippen LogP contribution in [0.4, 0.5) is 0 Å². The Morgan fingerprint density at radius 3 is 1.78 bits per heavy atom. The zero-order valence-corrected chi connectivity index (χ0v) is 21.2. The molecule has 0 spiro atoms. The molecule has 1 amide bonds. The first-order chi connectivity index (χ1) is 17.1. The van der Waals surface area contributed by atoms with E-state index in [1.54, 1.807) is 0 Å². The molecule has 1 rings (SSSR count). The zero-order chi connectivity index (χ0) is 26.9. The number of nitrogens with two attached hydrogens (primary N) is 1. The van der Waals surface area contributed by atoms with Crippen LogP contribution >= 0.6 is 0 Å². The third kappa shape index (κ3) is 13.1. The molecular weight excluding hydrogens is 484 g/mol. The van der Waals surface area contributed by atoms with E-state index in [0.717, 1.165) is 6.92 Å². The van der Waals surface area contributed by atoms with Gasteiger partial charge < -0.3 is 48.9 Å². The van der Waals surface area contributed by atoms with Crippen LogP contribution in [0.1, 0.15) is 27.7 Å². The van der Waals surface area contributed by atoms with Crippen molar-refractivity contribution in [2.24, 2.45) is 5.73 Å². The summed E-state index contributed by atoms with van der Waals surface area (Å²) >= 11 is 0. The normalized spacial score (nSPS) is 23.5. The molecule has 0 radical (unpaired) electrons. The fourth-order valence-electron chi connectivity index (χ4n) is 3.28. The molecule has 1 saturated heterocycles. The molecule has 0 saturated carbocycles. The van der Waals surface area contributed by atoms with Crippen molar-refractivity contribution in [3.05, 3.63) is 0 Å². The van der Waals surface area contributed by atoms with Gasteiger partial charge in [-0.05, 0) is 0 Å². The highest BCUT2D eigenvalue weighted by Gasteiger charge is 2.51. The van der Waals surface area contributed by atoms with Crippen LogP contribution in [0.5, 0.6) is 0 Å². The first kappa shape index (κ1) is 31.7. The molecule has 36 heavy (non-hydrogen) atoms. The topological polar surface area (TPSA) is 180 Å². The Morgan fingerprint density at radius 2 is 1.28 bits per heavy atom. The maximum absolute atomic E-state index is 11.9. The van der Waals surface area contributed by atoms with Crippen molar-refractivity contribution in [2.75, 3.05) is 59.4 Å². The number of rotatable bonds is 17. The predicted octanol–water partition coefficient (Wildman–Crippen LogP) is -1.33. The third-order valence-corrected chi connectivity index (χ3v) is 4.59. The average Bonchev–Trinajstić information content (AvgIpc) is 2.78. The van der Waals surface area contributed by atoms with E-state index in [1.807, 2.05) is 0 Å². The maximum atomic E-state index is 11.9. The molecule has 3 N–H and O–H groups in total. The molecule has 0 aromatic carbocycles. The highest BCUT2D eigenvalue weighted by molar-refractivity contribution is 5.73. The van der Waals surface area contributed by atoms with Gasteiger partial charge in [-0.1, -0.05) is 0 Å². The Hall–Kier alpha value is -2.36. The van der Waals surface area contributed by atoms with Gasteiger partial charge in [-0.25, -0.2) is 0 Å².